The third-order valence-corrected chi connectivity index (χ3v) is 1.99. The van der Waals surface area contributed by atoms with Crippen LogP contribution in [0.25, 0.3) is 0 Å². The van der Waals surface area contributed by atoms with E-state index in [2.05, 4.69) is 27.7 Å². The summed E-state index contributed by atoms with van der Waals surface area (Å²) in [5.74, 6) is 2.92. The number of rotatable bonds is 6. The van der Waals surface area contributed by atoms with Crippen LogP contribution in [0.15, 0.2) is 24.3 Å². The second-order valence-corrected chi connectivity index (χ2v) is 4.88. The van der Waals surface area contributed by atoms with Gasteiger partial charge in [-0.3, -0.25) is 0 Å². The van der Waals surface area contributed by atoms with Crippen LogP contribution in [0.1, 0.15) is 27.7 Å². The average Bonchev–Trinajstić information content (AvgIpc) is 2.25. The molecule has 2 heteroatoms. The monoisotopic (exact) mass is 222 g/mol. The number of benzene rings is 1. The first-order chi connectivity index (χ1) is 7.58. The molecule has 0 saturated heterocycles. The van der Waals surface area contributed by atoms with E-state index in [1.807, 2.05) is 24.3 Å². The lowest BCUT2D eigenvalue weighted by Gasteiger charge is -2.11. The highest BCUT2D eigenvalue weighted by molar-refractivity contribution is 5.31. The van der Waals surface area contributed by atoms with E-state index in [0.717, 1.165) is 24.7 Å². The Bertz CT molecular complexity index is 257. The van der Waals surface area contributed by atoms with Crippen LogP contribution in [0.4, 0.5) is 0 Å². The van der Waals surface area contributed by atoms with Gasteiger partial charge in [0.2, 0.25) is 0 Å². The molecule has 1 aromatic carbocycles. The van der Waals surface area contributed by atoms with Crippen LogP contribution < -0.4 is 9.47 Å². The standard InChI is InChI=1S/C14H22O2/c1-11(2)9-15-13-5-7-14(8-6-13)16-10-12(3)4/h5-8,11-12H,9-10H2,1-4H3. The smallest absolute Gasteiger partial charge is 0.119 e. The van der Waals surface area contributed by atoms with Gasteiger partial charge in [0.15, 0.2) is 0 Å². The minimum Gasteiger partial charge on any atom is -0.493 e. The van der Waals surface area contributed by atoms with E-state index in [0.29, 0.717) is 11.8 Å². The van der Waals surface area contributed by atoms with Gasteiger partial charge in [0.1, 0.15) is 11.5 Å². The predicted octanol–water partition coefficient (Wildman–Crippen LogP) is 3.76. The molecule has 1 rings (SSSR count). The van der Waals surface area contributed by atoms with Crippen molar-refractivity contribution in [3.63, 3.8) is 0 Å². The molecule has 0 saturated carbocycles. The quantitative estimate of drug-likeness (QED) is 0.729. The zero-order chi connectivity index (χ0) is 12.0. The molecule has 0 aliphatic carbocycles. The minimum absolute atomic E-state index is 0.553. The van der Waals surface area contributed by atoms with E-state index < -0.39 is 0 Å². The molecule has 0 fully saturated rings. The maximum Gasteiger partial charge on any atom is 0.119 e. The maximum atomic E-state index is 5.59. The van der Waals surface area contributed by atoms with Crippen molar-refractivity contribution in [3.05, 3.63) is 24.3 Å². The third kappa shape index (κ3) is 5.06. The SMILES string of the molecule is CC(C)COc1ccc(OCC(C)C)cc1. The van der Waals surface area contributed by atoms with Gasteiger partial charge in [0.05, 0.1) is 13.2 Å². The van der Waals surface area contributed by atoms with Gasteiger partial charge in [-0.1, -0.05) is 27.7 Å². The molecule has 16 heavy (non-hydrogen) atoms. The Balaban J connectivity index is 2.41. The maximum absolute atomic E-state index is 5.59. The summed E-state index contributed by atoms with van der Waals surface area (Å²) in [5, 5.41) is 0. The van der Waals surface area contributed by atoms with Crippen LogP contribution in [0.3, 0.4) is 0 Å². The molecule has 0 aromatic heterocycles. The summed E-state index contributed by atoms with van der Waals surface area (Å²) in [6, 6.07) is 7.83. The third-order valence-electron chi connectivity index (χ3n) is 1.99. The number of hydrogen-bond donors (Lipinski definition) is 0. The van der Waals surface area contributed by atoms with Crippen LogP contribution in [-0.2, 0) is 0 Å². The van der Waals surface area contributed by atoms with E-state index in [9.17, 15) is 0 Å². The van der Waals surface area contributed by atoms with Crippen molar-refractivity contribution < 1.29 is 9.47 Å². The number of hydrogen-bond acceptors (Lipinski definition) is 2. The normalized spacial score (nSPS) is 10.9. The molecule has 2 nitrogen and oxygen atoms in total. The predicted molar refractivity (Wildman–Crippen MR) is 67.1 cm³/mol. The van der Waals surface area contributed by atoms with Gasteiger partial charge in [0.25, 0.3) is 0 Å². The van der Waals surface area contributed by atoms with Gasteiger partial charge < -0.3 is 9.47 Å². The van der Waals surface area contributed by atoms with E-state index >= 15 is 0 Å². The summed E-state index contributed by atoms with van der Waals surface area (Å²) in [6.45, 7) is 10.1. The highest BCUT2D eigenvalue weighted by atomic mass is 16.5. The molecule has 0 amide bonds. The van der Waals surface area contributed by atoms with Crippen molar-refractivity contribution in [1.82, 2.24) is 0 Å². The zero-order valence-corrected chi connectivity index (χ0v) is 10.7. The fourth-order valence-corrected chi connectivity index (χ4v) is 1.16. The molecule has 0 radical (unpaired) electrons. The Morgan fingerprint density at radius 1 is 0.750 bits per heavy atom. The van der Waals surface area contributed by atoms with E-state index in [-0.39, 0.29) is 0 Å². The van der Waals surface area contributed by atoms with Crippen LogP contribution in [0.2, 0.25) is 0 Å². The first-order valence-electron chi connectivity index (χ1n) is 5.93. The molecule has 0 unspecified atom stereocenters. The molecule has 0 heterocycles. The van der Waals surface area contributed by atoms with Crippen molar-refractivity contribution in [2.24, 2.45) is 11.8 Å². The Labute approximate surface area is 98.6 Å². The van der Waals surface area contributed by atoms with E-state index in [1.54, 1.807) is 0 Å². The molecule has 0 aliphatic heterocycles. The lowest BCUT2D eigenvalue weighted by Crippen LogP contribution is -2.05. The first kappa shape index (κ1) is 12.9. The number of ether oxygens (including phenoxy) is 2. The highest BCUT2D eigenvalue weighted by Crippen LogP contribution is 2.18. The molecule has 1 aromatic rings. The summed E-state index contributed by atoms with van der Waals surface area (Å²) in [4.78, 5) is 0. The van der Waals surface area contributed by atoms with E-state index in [1.165, 1.54) is 0 Å². The van der Waals surface area contributed by atoms with Crippen molar-refractivity contribution >= 4 is 0 Å². The second kappa shape index (κ2) is 6.41. The molecule has 0 N–H and O–H groups in total. The molecular weight excluding hydrogens is 200 g/mol. The Kier molecular flexibility index (Phi) is 5.17. The molecule has 0 aliphatic rings. The minimum atomic E-state index is 0.553. The van der Waals surface area contributed by atoms with Gasteiger partial charge in [-0.25, -0.2) is 0 Å². The van der Waals surface area contributed by atoms with Gasteiger partial charge in [-0.05, 0) is 36.1 Å². The summed E-state index contributed by atoms with van der Waals surface area (Å²) in [6.07, 6.45) is 0. The topological polar surface area (TPSA) is 18.5 Å². The average molecular weight is 222 g/mol. The lowest BCUT2D eigenvalue weighted by atomic mass is 10.2. The van der Waals surface area contributed by atoms with Crippen LogP contribution >= 0.6 is 0 Å². The molecule has 90 valence electrons. The van der Waals surface area contributed by atoms with Crippen LogP contribution in [0.5, 0.6) is 11.5 Å². The molecule has 0 bridgehead atoms. The van der Waals surface area contributed by atoms with Crippen molar-refractivity contribution in [2.75, 3.05) is 13.2 Å². The highest BCUT2D eigenvalue weighted by Gasteiger charge is 1.99. The summed E-state index contributed by atoms with van der Waals surface area (Å²) >= 11 is 0. The summed E-state index contributed by atoms with van der Waals surface area (Å²) in [5.41, 5.74) is 0. The first-order valence-corrected chi connectivity index (χ1v) is 5.93. The Hall–Kier alpha value is -1.18. The Morgan fingerprint density at radius 3 is 1.31 bits per heavy atom. The summed E-state index contributed by atoms with van der Waals surface area (Å²) < 4.78 is 11.2. The van der Waals surface area contributed by atoms with Gasteiger partial charge in [-0.2, -0.15) is 0 Å². The molecule has 0 spiro atoms. The van der Waals surface area contributed by atoms with Crippen molar-refractivity contribution in [2.45, 2.75) is 27.7 Å². The van der Waals surface area contributed by atoms with Crippen LogP contribution in [0, 0.1) is 11.8 Å². The van der Waals surface area contributed by atoms with Gasteiger partial charge in [-0.15, -0.1) is 0 Å². The Morgan fingerprint density at radius 2 is 1.06 bits per heavy atom. The fourth-order valence-electron chi connectivity index (χ4n) is 1.16. The van der Waals surface area contributed by atoms with Crippen molar-refractivity contribution in [3.8, 4) is 11.5 Å². The molecule has 0 atom stereocenters. The van der Waals surface area contributed by atoms with Gasteiger partial charge in [0, 0.05) is 0 Å². The molecular formula is C14H22O2. The second-order valence-electron chi connectivity index (χ2n) is 4.88. The zero-order valence-electron chi connectivity index (χ0n) is 10.7. The summed E-state index contributed by atoms with van der Waals surface area (Å²) in [7, 11) is 0. The fraction of sp³-hybridized carbons (Fsp3) is 0.571. The largest absolute Gasteiger partial charge is 0.493 e. The van der Waals surface area contributed by atoms with Crippen molar-refractivity contribution in [1.29, 1.82) is 0 Å². The van der Waals surface area contributed by atoms with Gasteiger partial charge >= 0.3 is 0 Å². The van der Waals surface area contributed by atoms with E-state index in [4.69, 9.17) is 9.47 Å². The lowest BCUT2D eigenvalue weighted by molar-refractivity contribution is 0.264. The van der Waals surface area contributed by atoms with Crippen LogP contribution in [-0.4, -0.2) is 13.2 Å².